The lowest BCUT2D eigenvalue weighted by Gasteiger charge is -2.34. The number of benzene rings is 1. The summed E-state index contributed by atoms with van der Waals surface area (Å²) in [6.45, 7) is 0. The van der Waals surface area contributed by atoms with Crippen LogP contribution in [-0.2, 0) is 0 Å². The highest BCUT2D eigenvalue weighted by atomic mass is 19.1. The number of hydrogen-bond donors (Lipinski definition) is 1. The number of piperidine rings is 1. The lowest BCUT2D eigenvalue weighted by Crippen LogP contribution is -2.40. The van der Waals surface area contributed by atoms with Gasteiger partial charge in [0.2, 0.25) is 0 Å². The Labute approximate surface area is 108 Å². The van der Waals surface area contributed by atoms with E-state index in [1.807, 2.05) is 0 Å². The number of ether oxygens (including phenoxy) is 1. The Kier molecular flexibility index (Phi) is 3.25. The second kappa shape index (κ2) is 4.88. The van der Waals surface area contributed by atoms with Crippen LogP contribution >= 0.6 is 0 Å². The van der Waals surface area contributed by atoms with E-state index in [0.29, 0.717) is 6.04 Å². The smallest absolute Gasteiger partial charge is 0.123 e. The molecule has 0 bridgehead atoms. The molecule has 1 N–H and O–H groups in total. The Balaban J connectivity index is 1.84. The lowest BCUT2D eigenvalue weighted by molar-refractivity contribution is 0.256. The van der Waals surface area contributed by atoms with Crippen LogP contribution in [0.1, 0.15) is 43.7 Å². The third-order valence-corrected chi connectivity index (χ3v) is 4.47. The molecule has 2 nitrogen and oxygen atoms in total. The minimum atomic E-state index is -0.179. The number of fused-ring (bicyclic) bond motifs is 1. The van der Waals surface area contributed by atoms with Crippen LogP contribution in [-0.4, -0.2) is 13.2 Å². The van der Waals surface area contributed by atoms with Crippen molar-refractivity contribution in [2.45, 2.75) is 44.2 Å². The summed E-state index contributed by atoms with van der Waals surface area (Å²) in [4.78, 5) is 0. The SMILES string of the molecule is COc1ccc(F)cc1C1CCC2CCCC2N1. The lowest BCUT2D eigenvalue weighted by atomic mass is 9.87. The van der Waals surface area contributed by atoms with Gasteiger partial charge in [0.05, 0.1) is 7.11 Å². The summed E-state index contributed by atoms with van der Waals surface area (Å²) in [5, 5.41) is 3.69. The third-order valence-electron chi connectivity index (χ3n) is 4.47. The van der Waals surface area contributed by atoms with Gasteiger partial charge in [0.1, 0.15) is 11.6 Å². The minimum Gasteiger partial charge on any atom is -0.496 e. The number of rotatable bonds is 2. The molecule has 1 aliphatic carbocycles. The maximum atomic E-state index is 13.4. The van der Waals surface area contributed by atoms with Crippen molar-refractivity contribution in [1.29, 1.82) is 0 Å². The summed E-state index contributed by atoms with van der Waals surface area (Å²) >= 11 is 0. The van der Waals surface area contributed by atoms with Crippen molar-refractivity contribution in [2.75, 3.05) is 7.11 Å². The molecule has 0 radical (unpaired) electrons. The molecule has 0 amide bonds. The molecule has 1 saturated carbocycles. The molecule has 1 aliphatic heterocycles. The fraction of sp³-hybridized carbons (Fsp3) is 0.600. The molecule has 1 saturated heterocycles. The molecular weight excluding hydrogens is 229 g/mol. The Morgan fingerprint density at radius 2 is 2.11 bits per heavy atom. The Bertz CT molecular complexity index is 435. The van der Waals surface area contributed by atoms with Gasteiger partial charge in [0.25, 0.3) is 0 Å². The van der Waals surface area contributed by atoms with Gasteiger partial charge in [-0.25, -0.2) is 4.39 Å². The molecule has 1 aromatic carbocycles. The molecule has 3 heteroatoms. The highest BCUT2D eigenvalue weighted by molar-refractivity contribution is 5.37. The minimum absolute atomic E-state index is 0.179. The first-order valence-corrected chi connectivity index (χ1v) is 6.87. The topological polar surface area (TPSA) is 21.3 Å². The molecule has 18 heavy (non-hydrogen) atoms. The van der Waals surface area contributed by atoms with Crippen molar-refractivity contribution in [3.05, 3.63) is 29.6 Å². The van der Waals surface area contributed by atoms with Crippen molar-refractivity contribution in [3.8, 4) is 5.75 Å². The van der Waals surface area contributed by atoms with E-state index in [4.69, 9.17) is 4.74 Å². The monoisotopic (exact) mass is 249 g/mol. The normalized spacial score (nSPS) is 31.1. The number of nitrogens with one attached hydrogen (secondary N) is 1. The summed E-state index contributed by atoms with van der Waals surface area (Å²) in [7, 11) is 1.65. The molecule has 0 aromatic heterocycles. The van der Waals surface area contributed by atoms with Crippen LogP contribution in [0.2, 0.25) is 0 Å². The Morgan fingerprint density at radius 1 is 1.22 bits per heavy atom. The molecule has 3 unspecified atom stereocenters. The van der Waals surface area contributed by atoms with E-state index in [2.05, 4.69) is 5.32 Å². The summed E-state index contributed by atoms with van der Waals surface area (Å²) in [5.41, 5.74) is 0.975. The summed E-state index contributed by atoms with van der Waals surface area (Å²) in [6.07, 6.45) is 6.28. The van der Waals surface area contributed by atoms with Crippen molar-refractivity contribution in [1.82, 2.24) is 5.32 Å². The second-order valence-electron chi connectivity index (χ2n) is 5.48. The standard InChI is InChI=1S/C15H20FNO/c1-18-15-8-6-11(16)9-12(15)14-7-5-10-3-2-4-13(10)17-14/h6,8-10,13-14,17H,2-5,7H2,1H3. The van der Waals surface area contributed by atoms with Gasteiger partial charge in [-0.05, 0) is 49.8 Å². The summed E-state index contributed by atoms with van der Waals surface area (Å²) in [5.74, 6) is 1.45. The van der Waals surface area contributed by atoms with Crippen molar-refractivity contribution in [3.63, 3.8) is 0 Å². The Hall–Kier alpha value is -1.09. The molecule has 98 valence electrons. The highest BCUT2D eigenvalue weighted by Crippen LogP contribution is 2.40. The third kappa shape index (κ3) is 2.12. The van der Waals surface area contributed by atoms with E-state index in [-0.39, 0.29) is 11.9 Å². The highest BCUT2D eigenvalue weighted by Gasteiger charge is 2.34. The zero-order valence-electron chi connectivity index (χ0n) is 10.8. The zero-order valence-corrected chi connectivity index (χ0v) is 10.8. The van der Waals surface area contributed by atoms with Crippen LogP contribution in [0.4, 0.5) is 4.39 Å². The van der Waals surface area contributed by atoms with E-state index in [1.54, 1.807) is 19.2 Å². The summed E-state index contributed by atoms with van der Waals surface area (Å²) < 4.78 is 18.8. The number of hydrogen-bond acceptors (Lipinski definition) is 2. The van der Waals surface area contributed by atoms with Crippen LogP contribution < -0.4 is 10.1 Å². The molecule has 1 heterocycles. The average molecular weight is 249 g/mol. The van der Waals surface area contributed by atoms with E-state index in [9.17, 15) is 4.39 Å². The van der Waals surface area contributed by atoms with E-state index in [0.717, 1.165) is 23.7 Å². The van der Waals surface area contributed by atoms with Crippen LogP contribution in [0, 0.1) is 11.7 Å². The van der Waals surface area contributed by atoms with Crippen molar-refractivity contribution < 1.29 is 9.13 Å². The van der Waals surface area contributed by atoms with Gasteiger partial charge >= 0.3 is 0 Å². The second-order valence-corrected chi connectivity index (χ2v) is 5.48. The number of methoxy groups -OCH3 is 1. The van der Waals surface area contributed by atoms with Gasteiger partial charge in [-0.2, -0.15) is 0 Å². The van der Waals surface area contributed by atoms with E-state index in [1.165, 1.54) is 31.7 Å². The average Bonchev–Trinajstić information content (AvgIpc) is 2.85. The van der Waals surface area contributed by atoms with Gasteiger partial charge < -0.3 is 10.1 Å². The quantitative estimate of drug-likeness (QED) is 0.867. The van der Waals surface area contributed by atoms with Gasteiger partial charge in [-0.1, -0.05) is 6.42 Å². The van der Waals surface area contributed by atoms with E-state index >= 15 is 0 Å². The fourth-order valence-corrected chi connectivity index (χ4v) is 3.55. The maximum absolute atomic E-state index is 13.4. The molecule has 2 aliphatic rings. The molecule has 3 rings (SSSR count). The maximum Gasteiger partial charge on any atom is 0.123 e. The van der Waals surface area contributed by atoms with Crippen LogP contribution in [0.15, 0.2) is 18.2 Å². The van der Waals surface area contributed by atoms with Crippen LogP contribution in [0.3, 0.4) is 0 Å². The first-order chi connectivity index (χ1) is 8.78. The molecule has 0 spiro atoms. The first kappa shape index (κ1) is 12.0. The van der Waals surface area contributed by atoms with Gasteiger partial charge in [0.15, 0.2) is 0 Å². The molecule has 2 fully saturated rings. The summed E-state index contributed by atoms with van der Waals surface area (Å²) in [6, 6.07) is 5.68. The predicted octanol–water partition coefficient (Wildman–Crippen LogP) is 3.43. The Morgan fingerprint density at radius 3 is 2.94 bits per heavy atom. The van der Waals surface area contributed by atoms with Crippen molar-refractivity contribution >= 4 is 0 Å². The first-order valence-electron chi connectivity index (χ1n) is 6.87. The number of halogens is 1. The van der Waals surface area contributed by atoms with Gasteiger partial charge in [-0.3, -0.25) is 0 Å². The van der Waals surface area contributed by atoms with Crippen LogP contribution in [0.5, 0.6) is 5.75 Å². The van der Waals surface area contributed by atoms with Crippen molar-refractivity contribution in [2.24, 2.45) is 5.92 Å². The molecule has 3 atom stereocenters. The molecular formula is C15H20FNO. The van der Waals surface area contributed by atoms with E-state index < -0.39 is 0 Å². The molecule has 1 aromatic rings. The largest absolute Gasteiger partial charge is 0.496 e. The fourth-order valence-electron chi connectivity index (χ4n) is 3.55. The predicted molar refractivity (Wildman–Crippen MR) is 69.2 cm³/mol. The van der Waals surface area contributed by atoms with Gasteiger partial charge in [0, 0.05) is 17.6 Å². The van der Waals surface area contributed by atoms with Gasteiger partial charge in [-0.15, -0.1) is 0 Å². The zero-order chi connectivity index (χ0) is 12.5. The van der Waals surface area contributed by atoms with Crippen LogP contribution in [0.25, 0.3) is 0 Å².